The van der Waals surface area contributed by atoms with Gasteiger partial charge in [-0.3, -0.25) is 4.79 Å². The Morgan fingerprint density at radius 1 is 1.12 bits per heavy atom. The molecule has 1 aliphatic carbocycles. The van der Waals surface area contributed by atoms with Crippen molar-refractivity contribution in [3.05, 3.63) is 86.8 Å². The van der Waals surface area contributed by atoms with Gasteiger partial charge < -0.3 is 9.47 Å². The molecule has 6 nitrogen and oxygen atoms in total. The molecule has 162 valence electrons. The van der Waals surface area contributed by atoms with E-state index in [4.69, 9.17) is 9.47 Å². The molecule has 0 saturated carbocycles. The lowest BCUT2D eigenvalue weighted by molar-refractivity contribution is 0.284. The number of fused-ring (bicyclic) bond motifs is 3. The van der Waals surface area contributed by atoms with E-state index in [2.05, 4.69) is 10.1 Å². The quantitative estimate of drug-likeness (QED) is 0.400. The van der Waals surface area contributed by atoms with Crippen LogP contribution in [0.2, 0.25) is 0 Å². The van der Waals surface area contributed by atoms with Gasteiger partial charge in [0.25, 0.3) is 5.56 Å². The summed E-state index contributed by atoms with van der Waals surface area (Å²) < 4.78 is 12.7. The molecule has 0 radical (unpaired) electrons. The molecular weight excluding hydrogens is 422 g/mol. The molecule has 0 aliphatic heterocycles. The van der Waals surface area contributed by atoms with Crippen LogP contribution in [0.4, 0.5) is 0 Å². The highest BCUT2D eigenvalue weighted by atomic mass is 32.1. The van der Waals surface area contributed by atoms with E-state index in [1.807, 2.05) is 48.5 Å². The molecule has 2 aromatic heterocycles. The van der Waals surface area contributed by atoms with Gasteiger partial charge in [-0.15, -0.1) is 11.3 Å². The molecule has 1 aliphatic rings. The van der Waals surface area contributed by atoms with Gasteiger partial charge in [-0.2, -0.15) is 9.78 Å². The van der Waals surface area contributed by atoms with Gasteiger partial charge in [0.05, 0.1) is 18.7 Å². The maximum atomic E-state index is 13.1. The average molecular weight is 446 g/mol. The largest absolute Gasteiger partial charge is 0.493 e. The van der Waals surface area contributed by atoms with Gasteiger partial charge in [-0.05, 0) is 60.6 Å². The van der Waals surface area contributed by atoms with E-state index >= 15 is 0 Å². The fourth-order valence-electron chi connectivity index (χ4n) is 3.97. The lowest BCUT2D eigenvalue weighted by Crippen LogP contribution is -2.18. The molecule has 5 rings (SSSR count). The number of aromatic nitrogens is 2. The molecule has 0 amide bonds. The van der Waals surface area contributed by atoms with Gasteiger partial charge in [-0.25, -0.2) is 4.98 Å². The molecule has 0 saturated heterocycles. The summed E-state index contributed by atoms with van der Waals surface area (Å²) in [5.41, 5.74) is 2.94. The maximum Gasteiger partial charge on any atom is 0.282 e. The van der Waals surface area contributed by atoms with E-state index in [-0.39, 0.29) is 5.56 Å². The highest BCUT2D eigenvalue weighted by Crippen LogP contribution is 2.33. The Hall–Kier alpha value is -3.45. The summed E-state index contributed by atoms with van der Waals surface area (Å²) in [6, 6.07) is 15.5. The maximum absolute atomic E-state index is 13.1. The smallest absolute Gasteiger partial charge is 0.282 e. The average Bonchev–Trinajstić information content (AvgIpc) is 3.22. The van der Waals surface area contributed by atoms with E-state index in [1.54, 1.807) is 24.7 Å². The molecule has 32 heavy (non-hydrogen) atoms. The summed E-state index contributed by atoms with van der Waals surface area (Å²) in [7, 11) is 1.60. The Kier molecular flexibility index (Phi) is 5.73. The number of rotatable bonds is 6. The molecule has 0 unspecified atom stereocenters. The molecule has 2 heterocycles. The minimum atomic E-state index is -0.111. The van der Waals surface area contributed by atoms with Crippen molar-refractivity contribution in [2.75, 3.05) is 7.11 Å². The highest BCUT2D eigenvalue weighted by Gasteiger charge is 2.19. The first-order chi connectivity index (χ1) is 15.7. The van der Waals surface area contributed by atoms with Crippen LogP contribution in [0.3, 0.4) is 0 Å². The number of hydrogen-bond donors (Lipinski definition) is 0. The van der Waals surface area contributed by atoms with Crippen LogP contribution in [0.15, 0.2) is 64.8 Å². The second kappa shape index (κ2) is 8.96. The second-order valence-corrected chi connectivity index (χ2v) is 8.80. The number of ether oxygens (including phenoxy) is 2. The van der Waals surface area contributed by atoms with E-state index in [9.17, 15) is 4.79 Å². The van der Waals surface area contributed by atoms with E-state index in [0.717, 1.165) is 40.6 Å². The summed E-state index contributed by atoms with van der Waals surface area (Å²) in [4.78, 5) is 19.6. The Labute approximate surface area is 189 Å². The summed E-state index contributed by atoms with van der Waals surface area (Å²) >= 11 is 1.64. The third kappa shape index (κ3) is 4.03. The number of nitrogens with zero attached hydrogens (tertiary/aromatic N) is 3. The van der Waals surface area contributed by atoms with Gasteiger partial charge in [0.2, 0.25) is 0 Å². The normalized spacial score (nSPS) is 13.4. The lowest BCUT2D eigenvalue weighted by Gasteiger charge is -2.11. The predicted molar refractivity (Wildman–Crippen MR) is 127 cm³/mol. The summed E-state index contributed by atoms with van der Waals surface area (Å²) in [5.74, 6) is 1.26. The van der Waals surface area contributed by atoms with Crippen molar-refractivity contribution in [1.82, 2.24) is 9.66 Å². The van der Waals surface area contributed by atoms with Crippen LogP contribution >= 0.6 is 11.3 Å². The number of aryl methyl sites for hydroxylation is 2. The molecular formula is C25H23N3O3S. The first kappa shape index (κ1) is 20.5. The van der Waals surface area contributed by atoms with Crippen molar-refractivity contribution >= 4 is 27.8 Å². The van der Waals surface area contributed by atoms with Crippen LogP contribution in [0.5, 0.6) is 11.5 Å². The number of benzene rings is 2. The zero-order chi connectivity index (χ0) is 21.9. The Morgan fingerprint density at radius 2 is 1.97 bits per heavy atom. The van der Waals surface area contributed by atoms with Gasteiger partial charge >= 0.3 is 0 Å². The van der Waals surface area contributed by atoms with Crippen LogP contribution in [-0.4, -0.2) is 23.0 Å². The summed E-state index contributed by atoms with van der Waals surface area (Å²) in [6.45, 7) is 0.455. The fraction of sp³-hybridized carbons (Fsp3) is 0.240. The van der Waals surface area contributed by atoms with Gasteiger partial charge in [0, 0.05) is 4.88 Å². The van der Waals surface area contributed by atoms with Gasteiger partial charge in [0.1, 0.15) is 17.8 Å². The van der Waals surface area contributed by atoms with Crippen molar-refractivity contribution in [1.29, 1.82) is 0 Å². The van der Waals surface area contributed by atoms with Gasteiger partial charge in [-0.1, -0.05) is 30.3 Å². The van der Waals surface area contributed by atoms with Crippen molar-refractivity contribution in [2.45, 2.75) is 32.3 Å². The lowest BCUT2D eigenvalue weighted by atomic mass is 9.97. The van der Waals surface area contributed by atoms with Crippen molar-refractivity contribution in [2.24, 2.45) is 5.10 Å². The first-order valence-electron chi connectivity index (χ1n) is 10.6. The SMILES string of the molecule is COc1cc(/C=N\n2cnc3sc4c(c3c2=O)CCCC4)ccc1OCc1ccccc1. The topological polar surface area (TPSA) is 65.7 Å². The van der Waals surface area contributed by atoms with Crippen LogP contribution in [-0.2, 0) is 19.4 Å². The standard InChI is InChI=1S/C25H23N3O3S/c1-30-21-13-18(11-12-20(21)31-15-17-7-3-2-4-8-17)14-27-28-16-26-24-23(25(28)29)19-9-5-6-10-22(19)32-24/h2-4,7-8,11-14,16H,5-6,9-10,15H2,1H3/b27-14-. The predicted octanol–water partition coefficient (Wildman–Crippen LogP) is 4.81. The van der Waals surface area contributed by atoms with E-state index in [0.29, 0.717) is 18.1 Å². The van der Waals surface area contributed by atoms with E-state index < -0.39 is 0 Å². The number of hydrogen-bond acceptors (Lipinski definition) is 6. The summed E-state index contributed by atoms with van der Waals surface area (Å²) in [5, 5.41) is 5.11. The zero-order valence-electron chi connectivity index (χ0n) is 17.8. The number of thiophene rings is 1. The minimum Gasteiger partial charge on any atom is -0.493 e. The van der Waals surface area contributed by atoms with E-state index in [1.165, 1.54) is 27.9 Å². The monoisotopic (exact) mass is 445 g/mol. The second-order valence-electron chi connectivity index (χ2n) is 7.71. The van der Waals surface area contributed by atoms with Crippen molar-refractivity contribution in [3.63, 3.8) is 0 Å². The third-order valence-corrected chi connectivity index (χ3v) is 6.81. The third-order valence-electron chi connectivity index (χ3n) is 5.62. The Morgan fingerprint density at radius 3 is 2.81 bits per heavy atom. The Balaban J connectivity index is 1.39. The molecule has 0 fully saturated rings. The molecule has 0 atom stereocenters. The summed E-state index contributed by atoms with van der Waals surface area (Å²) in [6.07, 6.45) is 7.42. The van der Waals surface area contributed by atoms with Gasteiger partial charge in [0.15, 0.2) is 11.5 Å². The highest BCUT2D eigenvalue weighted by molar-refractivity contribution is 7.18. The number of methoxy groups -OCH3 is 1. The molecule has 7 heteroatoms. The molecule has 2 aromatic carbocycles. The Bertz CT molecular complexity index is 1340. The minimum absolute atomic E-state index is 0.111. The molecule has 0 bridgehead atoms. The van der Waals surface area contributed by atoms with Crippen LogP contribution in [0.1, 0.15) is 34.4 Å². The molecule has 0 spiro atoms. The first-order valence-corrected chi connectivity index (χ1v) is 11.5. The van der Waals surface area contributed by atoms with Crippen LogP contribution < -0.4 is 15.0 Å². The van der Waals surface area contributed by atoms with Crippen molar-refractivity contribution < 1.29 is 9.47 Å². The molecule has 0 N–H and O–H groups in total. The van der Waals surface area contributed by atoms with Crippen molar-refractivity contribution in [3.8, 4) is 11.5 Å². The van der Waals surface area contributed by atoms with Crippen LogP contribution in [0.25, 0.3) is 10.2 Å². The van der Waals surface area contributed by atoms with Crippen LogP contribution in [0, 0.1) is 0 Å². The molecule has 4 aromatic rings. The zero-order valence-corrected chi connectivity index (χ0v) is 18.6. The fourth-order valence-corrected chi connectivity index (χ4v) is 5.19.